The van der Waals surface area contributed by atoms with E-state index in [1.54, 1.807) is 0 Å². The third-order valence-electron chi connectivity index (χ3n) is 0.897. The molecule has 0 aliphatic heterocycles. The van der Waals surface area contributed by atoms with Crippen molar-refractivity contribution in [3.8, 4) is 0 Å². The molecule has 0 N–H and O–H groups in total. The van der Waals surface area contributed by atoms with Gasteiger partial charge in [0, 0.05) is 0 Å². The minimum Gasteiger partial charge on any atom is -0.320 e. The Kier molecular flexibility index (Phi) is 3.70. The standard InChI is InChI=1S/C4H12ClNSi/c1-4-7(5)6(2)3/h7H,4H2,1-3H3. The Morgan fingerprint density at radius 2 is 2.00 bits per heavy atom. The van der Waals surface area contributed by atoms with Crippen molar-refractivity contribution in [2.45, 2.75) is 13.0 Å². The SMILES string of the molecule is CC[SiH](Cl)N(C)C. The van der Waals surface area contributed by atoms with Crippen molar-refractivity contribution in [3.63, 3.8) is 0 Å². The van der Waals surface area contributed by atoms with Gasteiger partial charge in [-0.2, -0.15) is 11.1 Å². The largest absolute Gasteiger partial charge is 0.320 e. The van der Waals surface area contributed by atoms with Crippen LogP contribution < -0.4 is 0 Å². The summed E-state index contributed by atoms with van der Waals surface area (Å²) >= 11 is 5.86. The number of hydrogen-bond donors (Lipinski definition) is 0. The van der Waals surface area contributed by atoms with Crippen molar-refractivity contribution in [2.24, 2.45) is 0 Å². The molecule has 1 unspecified atom stereocenters. The molecule has 44 valence electrons. The minimum absolute atomic E-state index is 0.949. The Bertz CT molecular complexity index is 49.0. The molecular formula is C4H12ClNSi. The number of hydrogen-bond acceptors (Lipinski definition) is 1. The third kappa shape index (κ3) is 3.09. The Morgan fingerprint density at radius 1 is 1.57 bits per heavy atom. The maximum atomic E-state index is 5.86. The van der Waals surface area contributed by atoms with E-state index in [-0.39, 0.29) is 0 Å². The number of rotatable bonds is 2. The lowest BCUT2D eigenvalue weighted by atomic mass is 11.0. The molecule has 0 spiro atoms. The van der Waals surface area contributed by atoms with Crippen LogP contribution in [0.15, 0.2) is 0 Å². The molecule has 7 heavy (non-hydrogen) atoms. The summed E-state index contributed by atoms with van der Waals surface area (Å²) in [6.45, 7) is 2.13. The zero-order valence-electron chi connectivity index (χ0n) is 5.11. The van der Waals surface area contributed by atoms with E-state index < -0.39 is 8.27 Å². The summed E-state index contributed by atoms with van der Waals surface area (Å²) < 4.78 is 2.13. The highest BCUT2D eigenvalue weighted by Crippen LogP contribution is 1.97. The Hall–Kier alpha value is 0.467. The van der Waals surface area contributed by atoms with Gasteiger partial charge in [-0.25, -0.2) is 0 Å². The molecule has 0 rings (SSSR count). The first-order chi connectivity index (χ1) is 3.18. The van der Waals surface area contributed by atoms with Crippen LogP contribution in [0.2, 0.25) is 6.04 Å². The van der Waals surface area contributed by atoms with E-state index in [2.05, 4.69) is 11.5 Å². The summed E-state index contributed by atoms with van der Waals surface area (Å²) in [4.78, 5) is 0. The fraction of sp³-hybridized carbons (Fsp3) is 1.00. The molecule has 0 saturated heterocycles. The second kappa shape index (κ2) is 3.47. The lowest BCUT2D eigenvalue weighted by Crippen LogP contribution is -2.25. The summed E-state index contributed by atoms with van der Waals surface area (Å²) in [6.07, 6.45) is 0. The first-order valence-corrected chi connectivity index (χ1v) is 5.56. The third-order valence-corrected chi connectivity index (χ3v) is 4.79. The van der Waals surface area contributed by atoms with Gasteiger partial charge in [0.1, 0.15) is 0 Å². The van der Waals surface area contributed by atoms with Crippen molar-refractivity contribution in [2.75, 3.05) is 14.1 Å². The van der Waals surface area contributed by atoms with Crippen molar-refractivity contribution in [1.29, 1.82) is 0 Å². The van der Waals surface area contributed by atoms with Gasteiger partial charge >= 0.3 is 0 Å². The first kappa shape index (κ1) is 7.47. The topological polar surface area (TPSA) is 3.24 Å². The average Bonchev–Trinajstić information content (AvgIpc) is 1.65. The van der Waals surface area contributed by atoms with E-state index in [1.165, 1.54) is 0 Å². The van der Waals surface area contributed by atoms with Crippen LogP contribution in [-0.2, 0) is 0 Å². The van der Waals surface area contributed by atoms with Gasteiger partial charge in [0.25, 0.3) is 0 Å². The summed E-state index contributed by atoms with van der Waals surface area (Å²) in [6, 6.07) is 1.15. The lowest BCUT2D eigenvalue weighted by molar-refractivity contribution is 0.652. The Balaban J connectivity index is 3.14. The quantitative estimate of drug-likeness (QED) is 0.406. The molecule has 0 heterocycles. The predicted molar refractivity (Wildman–Crippen MR) is 37.2 cm³/mol. The van der Waals surface area contributed by atoms with Gasteiger partial charge in [-0.05, 0) is 20.1 Å². The molecule has 0 aliphatic rings. The monoisotopic (exact) mass is 137 g/mol. The summed E-state index contributed by atoms with van der Waals surface area (Å²) in [5.41, 5.74) is 0. The highest BCUT2D eigenvalue weighted by atomic mass is 35.6. The first-order valence-electron chi connectivity index (χ1n) is 2.49. The second-order valence-corrected chi connectivity index (χ2v) is 6.04. The molecule has 1 nitrogen and oxygen atoms in total. The van der Waals surface area contributed by atoms with Crippen LogP contribution in [0.3, 0.4) is 0 Å². The van der Waals surface area contributed by atoms with Crippen LogP contribution in [0.25, 0.3) is 0 Å². The van der Waals surface area contributed by atoms with Crippen molar-refractivity contribution in [3.05, 3.63) is 0 Å². The van der Waals surface area contributed by atoms with Crippen molar-refractivity contribution >= 4 is 19.3 Å². The average molecular weight is 138 g/mol. The zero-order chi connectivity index (χ0) is 5.86. The van der Waals surface area contributed by atoms with E-state index in [4.69, 9.17) is 11.1 Å². The van der Waals surface area contributed by atoms with Crippen LogP contribution in [0.1, 0.15) is 6.92 Å². The molecule has 0 aromatic carbocycles. The van der Waals surface area contributed by atoms with Gasteiger partial charge in [-0.1, -0.05) is 6.92 Å². The number of halogens is 1. The molecule has 0 saturated carbocycles. The maximum absolute atomic E-state index is 5.86. The van der Waals surface area contributed by atoms with Gasteiger partial charge < -0.3 is 4.57 Å². The molecule has 1 atom stereocenters. The Morgan fingerprint density at radius 3 is 2.00 bits per heavy atom. The van der Waals surface area contributed by atoms with Crippen molar-refractivity contribution in [1.82, 2.24) is 4.57 Å². The molecule has 0 aromatic rings. The van der Waals surface area contributed by atoms with E-state index in [9.17, 15) is 0 Å². The molecule has 0 radical (unpaired) electrons. The van der Waals surface area contributed by atoms with Crippen LogP contribution in [0, 0.1) is 0 Å². The van der Waals surface area contributed by atoms with Gasteiger partial charge in [0.2, 0.25) is 8.27 Å². The molecule has 0 bridgehead atoms. The minimum atomic E-state index is -0.949. The normalized spacial score (nSPS) is 15.0. The van der Waals surface area contributed by atoms with Gasteiger partial charge in [0.15, 0.2) is 0 Å². The smallest absolute Gasteiger partial charge is 0.213 e. The highest BCUT2D eigenvalue weighted by Gasteiger charge is 2.03. The summed E-state index contributed by atoms with van der Waals surface area (Å²) in [5, 5.41) is 0. The van der Waals surface area contributed by atoms with Crippen molar-refractivity contribution < 1.29 is 0 Å². The molecule has 0 amide bonds. The van der Waals surface area contributed by atoms with E-state index in [1.807, 2.05) is 14.1 Å². The fourth-order valence-electron chi connectivity index (χ4n) is 0.365. The second-order valence-electron chi connectivity index (χ2n) is 1.81. The zero-order valence-corrected chi connectivity index (χ0v) is 7.02. The molecule has 0 fully saturated rings. The molecular weight excluding hydrogens is 126 g/mol. The van der Waals surface area contributed by atoms with E-state index in [0.717, 1.165) is 6.04 Å². The van der Waals surface area contributed by atoms with Crippen LogP contribution in [0.4, 0.5) is 0 Å². The van der Waals surface area contributed by atoms with Gasteiger partial charge in [-0.15, -0.1) is 0 Å². The molecule has 0 aromatic heterocycles. The van der Waals surface area contributed by atoms with Gasteiger partial charge in [0.05, 0.1) is 0 Å². The summed E-state index contributed by atoms with van der Waals surface area (Å²) in [7, 11) is 3.12. The van der Waals surface area contributed by atoms with E-state index >= 15 is 0 Å². The van der Waals surface area contributed by atoms with E-state index in [0.29, 0.717) is 0 Å². The van der Waals surface area contributed by atoms with Crippen LogP contribution in [-0.4, -0.2) is 26.9 Å². The fourth-order valence-corrected chi connectivity index (χ4v) is 1.10. The number of nitrogens with zero attached hydrogens (tertiary/aromatic N) is 1. The molecule has 3 heteroatoms. The van der Waals surface area contributed by atoms with Crippen LogP contribution >= 0.6 is 11.1 Å². The Labute approximate surface area is 51.7 Å². The maximum Gasteiger partial charge on any atom is 0.213 e. The molecule has 0 aliphatic carbocycles. The highest BCUT2D eigenvalue weighted by molar-refractivity contribution is 7.05. The summed E-state index contributed by atoms with van der Waals surface area (Å²) in [5.74, 6) is 0. The van der Waals surface area contributed by atoms with Crippen LogP contribution in [0.5, 0.6) is 0 Å². The lowest BCUT2D eigenvalue weighted by Gasteiger charge is -2.11. The predicted octanol–water partition coefficient (Wildman–Crippen LogP) is 1.03. The van der Waals surface area contributed by atoms with Gasteiger partial charge in [-0.3, -0.25) is 0 Å².